The van der Waals surface area contributed by atoms with Crippen molar-refractivity contribution in [2.24, 2.45) is 5.92 Å². The molecule has 1 saturated heterocycles. The van der Waals surface area contributed by atoms with Gasteiger partial charge in [0.2, 0.25) is 5.91 Å². The van der Waals surface area contributed by atoms with Gasteiger partial charge in [-0.15, -0.1) is 0 Å². The normalized spacial score (nSPS) is 23.9. The molecule has 196 valence electrons. The number of carbonyl (C=O) groups is 3. The average Bonchev–Trinajstić information content (AvgIpc) is 3.45. The zero-order valence-corrected chi connectivity index (χ0v) is 21.8. The third-order valence-corrected chi connectivity index (χ3v) is 8.61. The van der Waals surface area contributed by atoms with E-state index < -0.39 is 40.9 Å². The predicted octanol–water partition coefficient (Wildman–Crippen LogP) is 6.34. The molecule has 1 spiro atoms. The van der Waals surface area contributed by atoms with Crippen LogP contribution >= 0.6 is 11.6 Å². The lowest BCUT2D eigenvalue weighted by Gasteiger charge is -2.37. The molecular weight excluding hydrogens is 527 g/mol. The molecule has 4 aromatic rings. The van der Waals surface area contributed by atoms with Gasteiger partial charge in [-0.3, -0.25) is 14.4 Å². The quantitative estimate of drug-likeness (QED) is 0.302. The summed E-state index contributed by atoms with van der Waals surface area (Å²) in [4.78, 5) is 45.3. The Morgan fingerprint density at radius 1 is 0.850 bits per heavy atom. The van der Waals surface area contributed by atoms with Crippen molar-refractivity contribution in [2.75, 3.05) is 10.2 Å². The Morgan fingerprint density at radius 2 is 1.55 bits per heavy atom. The first-order valence-electron chi connectivity index (χ1n) is 13.0. The van der Waals surface area contributed by atoms with Gasteiger partial charge in [-0.25, -0.2) is 4.39 Å². The molecule has 0 bridgehead atoms. The lowest BCUT2D eigenvalue weighted by atomic mass is 9.64. The fourth-order valence-electron chi connectivity index (χ4n) is 6.73. The molecule has 0 unspecified atom stereocenters. The Balaban J connectivity index is 1.55. The van der Waals surface area contributed by atoms with Gasteiger partial charge in [0.1, 0.15) is 17.3 Å². The summed E-state index contributed by atoms with van der Waals surface area (Å²) in [6.45, 7) is 0. The minimum Gasteiger partial charge on any atom is -0.352 e. The van der Waals surface area contributed by atoms with Crippen LogP contribution in [0.5, 0.6) is 0 Å². The first-order chi connectivity index (χ1) is 19.4. The Labute approximate surface area is 234 Å². The Morgan fingerprint density at radius 3 is 2.35 bits per heavy atom. The minimum absolute atomic E-state index is 0.157. The summed E-state index contributed by atoms with van der Waals surface area (Å²) in [5, 5.41) is 3.44. The van der Waals surface area contributed by atoms with Crippen molar-refractivity contribution >= 4 is 46.5 Å². The highest BCUT2D eigenvalue weighted by molar-refractivity contribution is 6.30. The topological polar surface area (TPSA) is 66.5 Å². The van der Waals surface area contributed by atoms with Crippen LogP contribution in [0.2, 0.25) is 5.02 Å². The monoisotopic (exact) mass is 548 g/mol. The van der Waals surface area contributed by atoms with E-state index in [1.807, 2.05) is 53.5 Å². The van der Waals surface area contributed by atoms with E-state index in [1.165, 1.54) is 18.2 Å². The number of benzene rings is 4. The number of hydrogen-bond donors (Lipinski definition) is 1. The lowest BCUT2D eigenvalue weighted by molar-refractivity contribution is -0.121. The molecule has 1 fully saturated rings. The predicted molar refractivity (Wildman–Crippen MR) is 152 cm³/mol. The number of rotatable bonds is 4. The number of nitrogens with one attached hydrogen (secondary N) is 1. The van der Waals surface area contributed by atoms with Crippen LogP contribution in [0.15, 0.2) is 103 Å². The van der Waals surface area contributed by atoms with Crippen LogP contribution in [0.3, 0.4) is 0 Å². The molecule has 3 aliphatic rings. The highest BCUT2D eigenvalue weighted by Gasteiger charge is 2.70. The smallest absolute Gasteiger partial charge is 0.238 e. The van der Waals surface area contributed by atoms with Crippen molar-refractivity contribution in [1.82, 2.24) is 0 Å². The van der Waals surface area contributed by atoms with E-state index in [1.54, 1.807) is 42.5 Å². The number of hydrogen-bond acceptors (Lipinski definition) is 4. The van der Waals surface area contributed by atoms with E-state index in [2.05, 4.69) is 5.32 Å². The number of fused-ring (bicyclic) bond motifs is 6. The van der Waals surface area contributed by atoms with E-state index in [9.17, 15) is 14.4 Å². The van der Waals surface area contributed by atoms with E-state index in [4.69, 9.17) is 11.6 Å². The number of nitrogens with zero attached hydrogens (tertiary/aromatic N) is 1. The van der Waals surface area contributed by atoms with Crippen molar-refractivity contribution in [3.63, 3.8) is 0 Å². The minimum atomic E-state index is -1.49. The van der Waals surface area contributed by atoms with Gasteiger partial charge in [0.15, 0.2) is 11.6 Å². The van der Waals surface area contributed by atoms with Crippen molar-refractivity contribution in [3.8, 4) is 0 Å². The second-order valence-corrected chi connectivity index (χ2v) is 10.7. The van der Waals surface area contributed by atoms with Crippen LogP contribution in [-0.4, -0.2) is 29.6 Å². The Hall–Kier alpha value is -4.55. The Kier molecular flexibility index (Phi) is 5.51. The van der Waals surface area contributed by atoms with Gasteiger partial charge < -0.3 is 10.2 Å². The molecule has 4 aromatic carbocycles. The van der Waals surface area contributed by atoms with E-state index >= 15 is 4.39 Å². The molecule has 7 heteroatoms. The molecule has 7 rings (SSSR count). The molecule has 4 atom stereocenters. The van der Waals surface area contributed by atoms with Crippen molar-refractivity contribution in [2.45, 2.75) is 17.5 Å². The number of para-hydroxylation sites is 2. The highest BCUT2D eigenvalue weighted by atomic mass is 35.5. The second kappa shape index (κ2) is 9.00. The summed E-state index contributed by atoms with van der Waals surface area (Å²) in [6, 6.07) is 25.2. The van der Waals surface area contributed by atoms with Crippen LogP contribution < -0.4 is 10.2 Å². The molecule has 0 radical (unpaired) electrons. The van der Waals surface area contributed by atoms with E-state index in [-0.39, 0.29) is 11.3 Å². The summed E-state index contributed by atoms with van der Waals surface area (Å²) in [5.41, 5.74) is 1.46. The number of halogens is 2. The fourth-order valence-corrected chi connectivity index (χ4v) is 6.86. The number of ketones is 2. The van der Waals surface area contributed by atoms with Crippen molar-refractivity contribution < 1.29 is 18.8 Å². The summed E-state index contributed by atoms with van der Waals surface area (Å²) in [6.07, 6.45) is 3.81. The first kappa shape index (κ1) is 24.5. The average molecular weight is 549 g/mol. The summed E-state index contributed by atoms with van der Waals surface area (Å²) < 4.78 is 15.2. The number of carbonyl (C=O) groups excluding carboxylic acids is 3. The van der Waals surface area contributed by atoms with Gasteiger partial charge in [0.25, 0.3) is 0 Å². The maximum Gasteiger partial charge on any atom is 0.238 e. The molecule has 0 saturated carbocycles. The molecule has 5 nitrogen and oxygen atoms in total. The number of anilines is 2. The van der Waals surface area contributed by atoms with Crippen LogP contribution in [0.25, 0.3) is 6.08 Å². The molecule has 1 amide bonds. The van der Waals surface area contributed by atoms with Crippen LogP contribution in [0, 0.1) is 11.7 Å². The van der Waals surface area contributed by atoms with Gasteiger partial charge in [0, 0.05) is 22.0 Å². The molecule has 3 aliphatic heterocycles. The highest BCUT2D eigenvalue weighted by Crippen LogP contribution is 2.58. The van der Waals surface area contributed by atoms with Gasteiger partial charge in [-0.2, -0.15) is 0 Å². The first-order valence-corrected chi connectivity index (χ1v) is 13.4. The van der Waals surface area contributed by atoms with Crippen LogP contribution in [0.1, 0.15) is 31.8 Å². The van der Waals surface area contributed by atoms with Gasteiger partial charge in [-0.1, -0.05) is 72.3 Å². The maximum absolute atomic E-state index is 15.2. The zero-order valence-electron chi connectivity index (χ0n) is 21.1. The van der Waals surface area contributed by atoms with Gasteiger partial charge in [0.05, 0.1) is 17.5 Å². The Bertz CT molecular complexity index is 1750. The molecule has 1 N–H and O–H groups in total. The van der Waals surface area contributed by atoms with E-state index in [0.717, 1.165) is 11.3 Å². The third-order valence-electron chi connectivity index (χ3n) is 8.36. The second-order valence-electron chi connectivity index (χ2n) is 10.3. The third kappa shape index (κ3) is 3.29. The van der Waals surface area contributed by atoms with Gasteiger partial charge >= 0.3 is 0 Å². The molecule has 3 heterocycles. The van der Waals surface area contributed by atoms with Crippen LogP contribution in [0.4, 0.5) is 15.8 Å². The van der Waals surface area contributed by atoms with Crippen molar-refractivity contribution in [1.29, 1.82) is 0 Å². The fraction of sp³-hybridized carbons (Fsp3) is 0.121. The molecule has 0 aromatic heterocycles. The summed E-state index contributed by atoms with van der Waals surface area (Å²) >= 11 is 6.12. The largest absolute Gasteiger partial charge is 0.352 e. The molecule has 40 heavy (non-hydrogen) atoms. The maximum atomic E-state index is 15.2. The summed E-state index contributed by atoms with van der Waals surface area (Å²) in [7, 11) is 0. The zero-order chi connectivity index (χ0) is 27.6. The van der Waals surface area contributed by atoms with E-state index in [0.29, 0.717) is 21.8 Å². The molecule has 0 aliphatic carbocycles. The summed E-state index contributed by atoms with van der Waals surface area (Å²) in [5.74, 6) is -3.29. The number of amides is 1. The van der Waals surface area contributed by atoms with Gasteiger partial charge in [-0.05, 0) is 59.7 Å². The van der Waals surface area contributed by atoms with Crippen LogP contribution in [-0.2, 0) is 10.2 Å². The van der Waals surface area contributed by atoms with Crippen molar-refractivity contribution in [3.05, 3.63) is 136 Å². The SMILES string of the molecule is O=C(c1ccc(Cl)cc1)[C@@H]1[C@H](C(=O)c2ccccc2F)[C@@]2(C(=O)Nc3ccccc32)[C@H]2C=Cc3ccccc3N12. The number of Topliss-reactive ketones (excluding diaryl/α,β-unsaturated/α-hetero) is 2. The lowest BCUT2D eigenvalue weighted by Crippen LogP contribution is -2.51. The standard InChI is InChI=1S/C33H22ClFN2O3/c34-21-16-13-20(14-17-21)30(38)29-28(31(39)22-8-2-4-10-24(22)35)33(23-9-3-5-11-25(23)36-32(33)40)27-18-15-19-7-1-6-12-26(19)37(27)29/h1-18,27-29H,(H,36,40)/t27-,28-,29+,33+/m1/s1. The molecular formula is C33H22ClFN2O3.